The van der Waals surface area contributed by atoms with Gasteiger partial charge in [0.15, 0.2) is 0 Å². The van der Waals surface area contributed by atoms with Gasteiger partial charge in [0.05, 0.1) is 12.1 Å². The number of nitrogens with zero attached hydrogens (tertiary/aromatic N) is 1. The summed E-state index contributed by atoms with van der Waals surface area (Å²) in [5.74, 6) is -0.0704. The highest BCUT2D eigenvalue weighted by atomic mass is 16.5. The van der Waals surface area contributed by atoms with Crippen LogP contribution < -0.4 is 10.6 Å². The van der Waals surface area contributed by atoms with Crippen molar-refractivity contribution >= 4 is 5.91 Å². The summed E-state index contributed by atoms with van der Waals surface area (Å²) in [6, 6.07) is 9.50. The first-order chi connectivity index (χ1) is 10.7. The van der Waals surface area contributed by atoms with Crippen LogP contribution in [0.4, 0.5) is 0 Å². The Kier molecular flexibility index (Phi) is 4.22. The number of nitrogens with one attached hydrogen (secondary N) is 2. The molecule has 0 bridgehead atoms. The number of hydrogen-bond donors (Lipinski definition) is 2. The Labute approximate surface area is 128 Å². The van der Waals surface area contributed by atoms with Crippen LogP contribution in [0.5, 0.6) is 0 Å². The molecule has 1 aromatic heterocycles. The van der Waals surface area contributed by atoms with Gasteiger partial charge >= 0.3 is 0 Å². The van der Waals surface area contributed by atoms with Crippen LogP contribution >= 0.6 is 0 Å². The minimum atomic E-state index is -0.276. The van der Waals surface area contributed by atoms with Crippen molar-refractivity contribution in [3.63, 3.8) is 0 Å². The maximum Gasteiger partial charge on any atom is 0.290 e. The molecule has 0 radical (unpaired) electrons. The lowest BCUT2D eigenvalue weighted by atomic mass is 10.1. The van der Waals surface area contributed by atoms with Crippen LogP contribution in [0.3, 0.4) is 0 Å². The highest BCUT2D eigenvalue weighted by Gasteiger charge is 2.29. The molecule has 1 fully saturated rings. The van der Waals surface area contributed by atoms with Crippen LogP contribution in [-0.4, -0.2) is 43.4 Å². The molecule has 1 saturated heterocycles. The Morgan fingerprint density at radius 1 is 1.36 bits per heavy atom. The number of aromatic nitrogens is 1. The van der Waals surface area contributed by atoms with Crippen LogP contribution in [0.25, 0.3) is 11.3 Å². The molecule has 2 heterocycles. The Balaban J connectivity index is 1.70. The van der Waals surface area contributed by atoms with E-state index in [0.29, 0.717) is 12.2 Å². The second-order valence-electron chi connectivity index (χ2n) is 5.45. The third kappa shape index (κ3) is 3.03. The second kappa shape index (κ2) is 6.29. The van der Waals surface area contributed by atoms with Gasteiger partial charge in [-0.3, -0.25) is 4.79 Å². The van der Waals surface area contributed by atoms with Crippen LogP contribution in [0.15, 0.2) is 34.9 Å². The molecule has 1 aliphatic rings. The van der Waals surface area contributed by atoms with Gasteiger partial charge in [0.2, 0.25) is 5.76 Å². The van der Waals surface area contributed by atoms with Gasteiger partial charge in [-0.2, -0.15) is 0 Å². The molecule has 1 amide bonds. The highest BCUT2D eigenvalue weighted by molar-refractivity contribution is 5.92. The normalized spacial score (nSPS) is 21.0. The van der Waals surface area contributed by atoms with Crippen molar-refractivity contribution in [3.05, 3.63) is 41.7 Å². The fourth-order valence-electron chi connectivity index (χ4n) is 2.53. The van der Waals surface area contributed by atoms with E-state index in [1.807, 2.05) is 31.2 Å². The van der Waals surface area contributed by atoms with Gasteiger partial charge < -0.3 is 19.9 Å². The lowest BCUT2D eigenvalue weighted by Gasteiger charge is -2.17. The van der Waals surface area contributed by atoms with Gasteiger partial charge in [0, 0.05) is 31.8 Å². The maximum absolute atomic E-state index is 12.2. The number of rotatable bonds is 4. The fraction of sp³-hybridized carbons (Fsp3) is 0.375. The van der Waals surface area contributed by atoms with Crippen molar-refractivity contribution < 1.29 is 14.1 Å². The largest absolute Gasteiger partial charge is 0.378 e. The van der Waals surface area contributed by atoms with Gasteiger partial charge in [0.1, 0.15) is 5.69 Å². The van der Waals surface area contributed by atoms with E-state index in [-0.39, 0.29) is 23.8 Å². The average Bonchev–Trinajstić information content (AvgIpc) is 3.16. The molecule has 2 aromatic rings. The summed E-state index contributed by atoms with van der Waals surface area (Å²) in [6.07, 6.45) is -0.0246. The zero-order valence-electron chi connectivity index (χ0n) is 12.6. The Hall–Kier alpha value is -2.18. The lowest BCUT2D eigenvalue weighted by Crippen LogP contribution is -2.43. The van der Waals surface area contributed by atoms with Crippen molar-refractivity contribution in [2.75, 3.05) is 20.2 Å². The van der Waals surface area contributed by atoms with E-state index in [4.69, 9.17) is 9.26 Å². The van der Waals surface area contributed by atoms with E-state index in [2.05, 4.69) is 15.8 Å². The minimum absolute atomic E-state index is 0.0246. The van der Waals surface area contributed by atoms with Crippen molar-refractivity contribution in [1.82, 2.24) is 15.8 Å². The minimum Gasteiger partial charge on any atom is -0.378 e. The van der Waals surface area contributed by atoms with Crippen LogP contribution in [0.2, 0.25) is 0 Å². The zero-order chi connectivity index (χ0) is 15.5. The number of carbonyl (C=O) groups is 1. The third-order valence-electron chi connectivity index (χ3n) is 3.86. The molecule has 3 rings (SSSR count). The lowest BCUT2D eigenvalue weighted by molar-refractivity contribution is 0.0754. The number of hydrogen-bond acceptors (Lipinski definition) is 5. The summed E-state index contributed by atoms with van der Waals surface area (Å²) in [6.45, 7) is 3.43. The van der Waals surface area contributed by atoms with Crippen molar-refractivity contribution in [2.45, 2.75) is 19.1 Å². The summed E-state index contributed by atoms with van der Waals surface area (Å²) in [5, 5.41) is 10.1. The van der Waals surface area contributed by atoms with Crippen LogP contribution in [0, 0.1) is 6.92 Å². The van der Waals surface area contributed by atoms with Gasteiger partial charge in [-0.1, -0.05) is 35.0 Å². The molecule has 116 valence electrons. The molecule has 6 heteroatoms. The number of amides is 1. The van der Waals surface area contributed by atoms with Gasteiger partial charge in [0.25, 0.3) is 5.91 Å². The second-order valence-corrected chi connectivity index (χ2v) is 5.45. The quantitative estimate of drug-likeness (QED) is 0.892. The molecule has 0 saturated carbocycles. The number of carbonyl (C=O) groups excluding carboxylic acids is 1. The first kappa shape index (κ1) is 14.7. The van der Waals surface area contributed by atoms with Crippen molar-refractivity contribution in [1.29, 1.82) is 0 Å². The topological polar surface area (TPSA) is 76.4 Å². The van der Waals surface area contributed by atoms with Gasteiger partial charge in [-0.15, -0.1) is 0 Å². The molecular weight excluding hydrogens is 282 g/mol. The SMILES string of the molecule is CO[C@H]1CNCC1NC(=O)c1cc(-c2ccc(C)cc2)no1. The Morgan fingerprint density at radius 2 is 2.14 bits per heavy atom. The molecular formula is C16H19N3O3. The first-order valence-corrected chi connectivity index (χ1v) is 7.25. The summed E-state index contributed by atoms with van der Waals surface area (Å²) in [5.41, 5.74) is 2.74. The molecule has 1 unspecified atom stereocenters. The van der Waals surface area contributed by atoms with E-state index in [9.17, 15) is 4.79 Å². The van der Waals surface area contributed by atoms with Gasteiger partial charge in [-0.25, -0.2) is 0 Å². The summed E-state index contributed by atoms with van der Waals surface area (Å²) >= 11 is 0. The number of benzene rings is 1. The Morgan fingerprint density at radius 3 is 2.86 bits per heavy atom. The van der Waals surface area contributed by atoms with E-state index in [0.717, 1.165) is 12.1 Å². The smallest absolute Gasteiger partial charge is 0.290 e. The molecule has 22 heavy (non-hydrogen) atoms. The summed E-state index contributed by atoms with van der Waals surface area (Å²) in [7, 11) is 1.64. The monoisotopic (exact) mass is 301 g/mol. The maximum atomic E-state index is 12.2. The zero-order valence-corrected chi connectivity index (χ0v) is 12.6. The first-order valence-electron chi connectivity index (χ1n) is 7.25. The standard InChI is InChI=1S/C16H19N3O3/c1-10-3-5-11(6-4-10)12-7-14(22-19-12)16(20)18-13-8-17-9-15(13)21-2/h3-7,13,15,17H,8-9H2,1-2H3,(H,18,20)/t13?,15-/m0/s1. The van der Waals surface area contributed by atoms with Crippen molar-refractivity contribution in [3.8, 4) is 11.3 Å². The number of aryl methyl sites for hydroxylation is 1. The van der Waals surface area contributed by atoms with Crippen LogP contribution in [-0.2, 0) is 4.74 Å². The predicted molar refractivity (Wildman–Crippen MR) is 81.6 cm³/mol. The number of ether oxygens (including phenoxy) is 1. The fourth-order valence-corrected chi connectivity index (χ4v) is 2.53. The molecule has 0 spiro atoms. The van der Waals surface area contributed by atoms with E-state index < -0.39 is 0 Å². The molecule has 1 aromatic carbocycles. The Bertz CT molecular complexity index is 651. The van der Waals surface area contributed by atoms with E-state index in [1.54, 1.807) is 13.2 Å². The number of methoxy groups -OCH3 is 1. The highest BCUT2D eigenvalue weighted by Crippen LogP contribution is 2.19. The summed E-state index contributed by atoms with van der Waals surface area (Å²) in [4.78, 5) is 12.2. The summed E-state index contributed by atoms with van der Waals surface area (Å²) < 4.78 is 10.5. The molecule has 2 N–H and O–H groups in total. The average molecular weight is 301 g/mol. The molecule has 6 nitrogen and oxygen atoms in total. The predicted octanol–water partition coefficient (Wildman–Crippen LogP) is 1.37. The van der Waals surface area contributed by atoms with E-state index in [1.165, 1.54) is 5.56 Å². The molecule has 0 aliphatic carbocycles. The van der Waals surface area contributed by atoms with E-state index >= 15 is 0 Å². The van der Waals surface area contributed by atoms with Gasteiger partial charge in [-0.05, 0) is 6.92 Å². The van der Waals surface area contributed by atoms with Crippen LogP contribution in [0.1, 0.15) is 16.1 Å². The molecule has 2 atom stereocenters. The molecule has 1 aliphatic heterocycles. The third-order valence-corrected chi connectivity index (χ3v) is 3.86. The van der Waals surface area contributed by atoms with Crippen molar-refractivity contribution in [2.24, 2.45) is 0 Å².